The van der Waals surface area contributed by atoms with Crippen molar-refractivity contribution in [3.8, 4) is 0 Å². The van der Waals surface area contributed by atoms with Crippen molar-refractivity contribution < 1.29 is 5.11 Å². The fourth-order valence-corrected chi connectivity index (χ4v) is 3.46. The van der Waals surface area contributed by atoms with Crippen LogP contribution in [0.1, 0.15) is 50.3 Å². The summed E-state index contributed by atoms with van der Waals surface area (Å²) < 4.78 is 1.09. The van der Waals surface area contributed by atoms with Crippen LogP contribution in [0, 0.1) is 24.7 Å². The Hall–Kier alpha value is -0.340. The Morgan fingerprint density at radius 3 is 2.61 bits per heavy atom. The van der Waals surface area contributed by atoms with Crippen LogP contribution in [0.3, 0.4) is 0 Å². The van der Waals surface area contributed by atoms with Gasteiger partial charge in [0.05, 0.1) is 6.10 Å². The minimum Gasteiger partial charge on any atom is -0.388 e. The van der Waals surface area contributed by atoms with Crippen molar-refractivity contribution in [3.05, 3.63) is 33.8 Å². The molecule has 1 aromatic carbocycles. The van der Waals surface area contributed by atoms with Gasteiger partial charge < -0.3 is 5.11 Å². The number of hydrogen-bond donors (Lipinski definition) is 1. The zero-order chi connectivity index (χ0) is 13.3. The van der Waals surface area contributed by atoms with Crippen LogP contribution in [-0.4, -0.2) is 5.11 Å². The van der Waals surface area contributed by atoms with Gasteiger partial charge in [-0.15, -0.1) is 0 Å². The summed E-state index contributed by atoms with van der Waals surface area (Å²) in [6, 6.07) is 6.12. The zero-order valence-corrected chi connectivity index (χ0v) is 13.1. The van der Waals surface area contributed by atoms with Gasteiger partial charge in [0.25, 0.3) is 0 Å². The quantitative estimate of drug-likeness (QED) is 0.826. The van der Waals surface area contributed by atoms with Crippen LogP contribution in [0.5, 0.6) is 0 Å². The SMILES string of the molecule is Cc1c(Br)cccc1C(O)C1CCC(C)C(C)C1. The Morgan fingerprint density at radius 2 is 1.94 bits per heavy atom. The maximum Gasteiger partial charge on any atom is 0.0821 e. The standard InChI is InChI=1S/C16H23BrO/c1-10-7-8-13(9-11(10)2)16(18)14-5-4-6-15(17)12(14)3/h4-6,10-11,13,16,18H,7-9H2,1-3H3. The summed E-state index contributed by atoms with van der Waals surface area (Å²) in [4.78, 5) is 0. The molecule has 1 N–H and O–H groups in total. The van der Waals surface area contributed by atoms with Crippen molar-refractivity contribution in [2.75, 3.05) is 0 Å². The van der Waals surface area contributed by atoms with Gasteiger partial charge in [0, 0.05) is 4.47 Å². The molecule has 0 heterocycles. The predicted molar refractivity (Wildman–Crippen MR) is 79.5 cm³/mol. The highest BCUT2D eigenvalue weighted by molar-refractivity contribution is 9.10. The van der Waals surface area contributed by atoms with Gasteiger partial charge in [-0.1, -0.05) is 48.3 Å². The maximum absolute atomic E-state index is 10.6. The molecule has 0 spiro atoms. The van der Waals surface area contributed by atoms with Gasteiger partial charge in [0.1, 0.15) is 0 Å². The van der Waals surface area contributed by atoms with Gasteiger partial charge in [-0.3, -0.25) is 0 Å². The first kappa shape index (κ1) is 14.1. The molecular formula is C16H23BrO. The summed E-state index contributed by atoms with van der Waals surface area (Å²) in [5.41, 5.74) is 2.27. The van der Waals surface area contributed by atoms with Crippen molar-refractivity contribution in [2.24, 2.45) is 17.8 Å². The lowest BCUT2D eigenvalue weighted by molar-refractivity contribution is 0.0556. The third-order valence-corrected chi connectivity index (χ3v) is 5.57. The second kappa shape index (κ2) is 5.75. The fourth-order valence-electron chi connectivity index (χ4n) is 3.07. The van der Waals surface area contributed by atoms with E-state index >= 15 is 0 Å². The van der Waals surface area contributed by atoms with Gasteiger partial charge in [0.15, 0.2) is 0 Å². The highest BCUT2D eigenvalue weighted by Crippen LogP contribution is 2.41. The molecule has 1 fully saturated rings. The summed E-state index contributed by atoms with van der Waals surface area (Å²) in [5.74, 6) is 1.95. The number of hydrogen-bond acceptors (Lipinski definition) is 1. The van der Waals surface area contributed by atoms with Crippen LogP contribution in [0.4, 0.5) is 0 Å². The molecular weight excluding hydrogens is 288 g/mol. The molecule has 1 aliphatic rings. The Bertz CT molecular complexity index is 416. The number of halogens is 1. The molecule has 1 nitrogen and oxygen atoms in total. The average molecular weight is 311 g/mol. The molecule has 2 rings (SSSR count). The van der Waals surface area contributed by atoms with E-state index in [1.165, 1.54) is 12.0 Å². The van der Waals surface area contributed by atoms with Gasteiger partial charge in [-0.25, -0.2) is 0 Å². The van der Waals surface area contributed by atoms with Gasteiger partial charge >= 0.3 is 0 Å². The molecule has 18 heavy (non-hydrogen) atoms. The third kappa shape index (κ3) is 2.80. The number of rotatable bonds is 2. The van der Waals surface area contributed by atoms with Crippen LogP contribution in [0.2, 0.25) is 0 Å². The van der Waals surface area contributed by atoms with Gasteiger partial charge in [-0.05, 0) is 54.7 Å². The lowest BCUT2D eigenvalue weighted by Gasteiger charge is -2.35. The maximum atomic E-state index is 10.6. The normalized spacial score (nSPS) is 30.2. The van der Waals surface area contributed by atoms with Crippen molar-refractivity contribution in [3.63, 3.8) is 0 Å². The second-order valence-electron chi connectivity index (χ2n) is 5.93. The molecule has 100 valence electrons. The van der Waals surface area contributed by atoms with E-state index in [-0.39, 0.29) is 6.10 Å². The van der Waals surface area contributed by atoms with Crippen molar-refractivity contribution in [1.29, 1.82) is 0 Å². The van der Waals surface area contributed by atoms with Crippen LogP contribution in [0.25, 0.3) is 0 Å². The first-order chi connectivity index (χ1) is 8.50. The third-order valence-electron chi connectivity index (χ3n) is 4.71. The summed E-state index contributed by atoms with van der Waals surface area (Å²) in [5, 5.41) is 10.6. The van der Waals surface area contributed by atoms with Gasteiger partial charge in [-0.2, -0.15) is 0 Å². The molecule has 1 saturated carbocycles. The van der Waals surface area contributed by atoms with Crippen molar-refractivity contribution in [2.45, 2.75) is 46.1 Å². The molecule has 2 heteroatoms. The molecule has 4 atom stereocenters. The Kier molecular flexibility index (Phi) is 4.50. The second-order valence-corrected chi connectivity index (χ2v) is 6.78. The largest absolute Gasteiger partial charge is 0.388 e. The summed E-state index contributed by atoms with van der Waals surface area (Å²) in [6.45, 7) is 6.73. The average Bonchev–Trinajstić information content (AvgIpc) is 2.35. The highest BCUT2D eigenvalue weighted by Gasteiger charge is 2.30. The number of aliphatic hydroxyl groups is 1. The molecule has 0 amide bonds. The lowest BCUT2D eigenvalue weighted by Crippen LogP contribution is -2.25. The van der Waals surface area contributed by atoms with Crippen molar-refractivity contribution in [1.82, 2.24) is 0 Å². The first-order valence-electron chi connectivity index (χ1n) is 6.93. The van der Waals surface area contributed by atoms with E-state index in [4.69, 9.17) is 0 Å². The van der Waals surface area contributed by atoms with E-state index in [1.54, 1.807) is 0 Å². The van der Waals surface area contributed by atoms with Crippen LogP contribution < -0.4 is 0 Å². The molecule has 4 unspecified atom stereocenters. The smallest absolute Gasteiger partial charge is 0.0821 e. The molecule has 0 radical (unpaired) electrons. The number of aliphatic hydroxyl groups excluding tert-OH is 1. The van der Waals surface area contributed by atoms with E-state index in [2.05, 4.69) is 42.8 Å². The zero-order valence-electron chi connectivity index (χ0n) is 11.5. The Morgan fingerprint density at radius 1 is 1.22 bits per heavy atom. The Labute approximate surface area is 119 Å². The minimum atomic E-state index is -0.308. The van der Waals surface area contributed by atoms with Crippen molar-refractivity contribution >= 4 is 15.9 Å². The fraction of sp³-hybridized carbons (Fsp3) is 0.625. The first-order valence-corrected chi connectivity index (χ1v) is 7.73. The molecule has 0 aromatic heterocycles. The molecule has 1 aromatic rings. The predicted octanol–water partition coefficient (Wildman–Crippen LogP) is 4.86. The lowest BCUT2D eigenvalue weighted by atomic mass is 9.72. The van der Waals surface area contributed by atoms with Crippen LogP contribution in [-0.2, 0) is 0 Å². The summed E-state index contributed by atoms with van der Waals surface area (Å²) in [6.07, 6.45) is 3.24. The Balaban J connectivity index is 2.16. The molecule has 0 bridgehead atoms. The monoisotopic (exact) mass is 310 g/mol. The van der Waals surface area contributed by atoms with Crippen LogP contribution >= 0.6 is 15.9 Å². The van der Waals surface area contributed by atoms with E-state index in [0.29, 0.717) is 5.92 Å². The van der Waals surface area contributed by atoms with E-state index in [0.717, 1.165) is 34.7 Å². The molecule has 0 aliphatic heterocycles. The minimum absolute atomic E-state index is 0.308. The van der Waals surface area contributed by atoms with E-state index < -0.39 is 0 Å². The topological polar surface area (TPSA) is 20.2 Å². The molecule has 0 saturated heterocycles. The summed E-state index contributed by atoms with van der Waals surface area (Å²) in [7, 11) is 0. The van der Waals surface area contributed by atoms with Gasteiger partial charge in [0.2, 0.25) is 0 Å². The highest BCUT2D eigenvalue weighted by atomic mass is 79.9. The van der Waals surface area contributed by atoms with Crippen LogP contribution in [0.15, 0.2) is 22.7 Å². The number of benzene rings is 1. The summed E-state index contributed by atoms with van der Waals surface area (Å²) >= 11 is 3.55. The van der Waals surface area contributed by atoms with E-state index in [1.807, 2.05) is 12.1 Å². The molecule has 1 aliphatic carbocycles. The van der Waals surface area contributed by atoms with E-state index in [9.17, 15) is 5.11 Å².